The molecule has 0 radical (unpaired) electrons. The van der Waals surface area contributed by atoms with Crippen molar-refractivity contribution in [3.05, 3.63) is 338 Å². The zero-order chi connectivity index (χ0) is 66.7. The third-order valence-electron chi connectivity index (χ3n) is 20.0. The van der Waals surface area contributed by atoms with Gasteiger partial charge in [-0.1, -0.05) is 305 Å². The van der Waals surface area contributed by atoms with Crippen LogP contribution in [-0.2, 0) is 16.2 Å². The topological polar surface area (TPSA) is 33.5 Å². The highest BCUT2D eigenvalue weighted by molar-refractivity contribution is 7.20. The van der Waals surface area contributed by atoms with E-state index in [2.05, 4.69) is 392 Å². The highest BCUT2D eigenvalue weighted by Crippen LogP contribution is 2.51. The number of aromatic nitrogens is 2. The zero-order valence-electron chi connectivity index (χ0n) is 57.0. The molecule has 14 aromatic rings. The van der Waals surface area contributed by atoms with Gasteiger partial charge in [-0.15, -0.1) is 0 Å². The molecule has 0 unspecified atom stereocenters. The fraction of sp³-hybridized carbons (Fsp3) is 0.144. The van der Waals surface area contributed by atoms with E-state index in [9.17, 15) is 0 Å². The quantitative estimate of drug-likeness (QED) is 0.0803. The average molecular weight is 1290 g/mol. The molecule has 3 heterocycles. The van der Waals surface area contributed by atoms with Gasteiger partial charge in [-0.2, -0.15) is 0 Å². The number of benzene rings is 12. The van der Waals surface area contributed by atoms with Crippen LogP contribution >= 0.6 is 0 Å². The van der Waals surface area contributed by atoms with Gasteiger partial charge in [0.15, 0.2) is 16.1 Å². The molecule has 97 heavy (non-hydrogen) atoms. The Kier molecular flexibility index (Phi) is 16.0. The first-order valence-corrected chi connectivity index (χ1v) is 38.1. The highest BCUT2D eigenvalue weighted by atomic mass is 28.3. The molecule has 0 aliphatic carbocycles. The van der Waals surface area contributed by atoms with Gasteiger partial charge in [0.25, 0.3) is 0 Å². The molecular weight excluding hydrogens is 1210 g/mol. The summed E-state index contributed by atoms with van der Waals surface area (Å²) in [4.78, 5) is 10.2. The molecule has 1 aliphatic heterocycles. The summed E-state index contributed by atoms with van der Waals surface area (Å²) in [6.07, 6.45) is 1.96. The van der Waals surface area contributed by atoms with Crippen molar-refractivity contribution in [1.29, 1.82) is 0 Å². The summed E-state index contributed by atoms with van der Waals surface area (Å²) in [5.74, 6) is 2.35. The Bertz CT molecular complexity index is 4940. The molecule has 0 spiro atoms. The van der Waals surface area contributed by atoms with Gasteiger partial charge >= 0.3 is 0 Å². The lowest BCUT2D eigenvalue weighted by Gasteiger charge is -2.34. The number of rotatable bonds is 14. The second kappa shape index (κ2) is 24.9. The van der Waals surface area contributed by atoms with Crippen LogP contribution in [0.2, 0.25) is 0 Å². The third kappa shape index (κ3) is 11.3. The Morgan fingerprint density at radius 2 is 0.804 bits per heavy atom. The van der Waals surface area contributed by atoms with Crippen molar-refractivity contribution in [2.24, 2.45) is 0 Å². The fourth-order valence-corrected chi connectivity index (χ4v) is 24.6. The van der Waals surface area contributed by atoms with Crippen LogP contribution in [0.4, 0.5) is 22.7 Å². The number of anilines is 4. The molecule has 1 aliphatic rings. The van der Waals surface area contributed by atoms with Crippen molar-refractivity contribution >= 4 is 102 Å². The van der Waals surface area contributed by atoms with Crippen molar-refractivity contribution in [2.75, 3.05) is 16.5 Å². The van der Waals surface area contributed by atoms with Gasteiger partial charge in [0, 0.05) is 46.0 Å². The monoisotopic (exact) mass is 1290 g/mol. The van der Waals surface area contributed by atoms with Gasteiger partial charge in [-0.25, -0.2) is 4.98 Å². The Balaban J connectivity index is 0.875. The van der Waals surface area contributed by atoms with Crippen LogP contribution in [0.3, 0.4) is 0 Å². The predicted octanol–water partition coefficient (Wildman–Crippen LogP) is 17.5. The molecule has 0 bridgehead atoms. The largest absolute Gasteiger partial charge is 0.457 e. The van der Waals surface area contributed by atoms with E-state index in [1.165, 1.54) is 86.1 Å². The predicted molar refractivity (Wildman–Crippen MR) is 416 cm³/mol. The SMILES string of the molecule is CC(C)(C)c1cc(N2CN(c3cccc(Oc4ccc5c6cc([Si](c7ccccc7)(c7ccccc7)c7ccccc7)ccc6n(-c6cc(C(C)(C)C)ccn6)c5c4)c3)c3cccc(-c4cccc([Si](c5ccccc5)(c5ccccc5)c5ccccc5)c4)c32)cc(C(C)(C)C)c1. The molecule has 0 atom stereocenters. The number of hydrogen-bond acceptors (Lipinski definition) is 4. The molecular formula is C90H82N4OSi2. The van der Waals surface area contributed by atoms with E-state index in [4.69, 9.17) is 9.72 Å². The lowest BCUT2D eigenvalue weighted by atomic mass is 9.80. The van der Waals surface area contributed by atoms with Crippen LogP contribution in [-0.4, -0.2) is 32.4 Å². The summed E-state index contributed by atoms with van der Waals surface area (Å²) in [5.41, 5.74) is 12.5. The molecule has 0 saturated heterocycles. The minimum atomic E-state index is -2.87. The third-order valence-corrected chi connectivity index (χ3v) is 29.6. The molecule has 0 fully saturated rings. The number of hydrogen-bond donors (Lipinski definition) is 0. The van der Waals surface area contributed by atoms with Gasteiger partial charge in [-0.3, -0.25) is 4.57 Å². The van der Waals surface area contributed by atoms with Crippen LogP contribution in [0.1, 0.15) is 79.0 Å². The van der Waals surface area contributed by atoms with Gasteiger partial charge in [0.05, 0.1) is 22.4 Å². The molecule has 0 N–H and O–H groups in total. The molecule has 12 aromatic carbocycles. The van der Waals surface area contributed by atoms with Gasteiger partial charge < -0.3 is 14.5 Å². The van der Waals surface area contributed by atoms with Crippen molar-refractivity contribution in [1.82, 2.24) is 9.55 Å². The second-order valence-corrected chi connectivity index (χ2v) is 36.8. The number of para-hydroxylation sites is 1. The first kappa shape index (κ1) is 62.5. The molecule has 7 heteroatoms. The summed E-state index contributed by atoms with van der Waals surface area (Å²) in [7, 11) is -5.75. The second-order valence-electron chi connectivity index (χ2n) is 29.2. The van der Waals surface area contributed by atoms with E-state index in [-0.39, 0.29) is 16.2 Å². The van der Waals surface area contributed by atoms with Crippen molar-refractivity contribution < 1.29 is 4.74 Å². The van der Waals surface area contributed by atoms with E-state index >= 15 is 0 Å². The minimum Gasteiger partial charge on any atom is -0.457 e. The molecule has 0 saturated carbocycles. The summed E-state index contributed by atoms with van der Waals surface area (Å²) in [6.45, 7) is 21.4. The lowest BCUT2D eigenvalue weighted by Crippen LogP contribution is -2.74. The fourth-order valence-electron chi connectivity index (χ4n) is 15.1. The van der Waals surface area contributed by atoms with Crippen LogP contribution in [0.25, 0.3) is 38.8 Å². The summed E-state index contributed by atoms with van der Waals surface area (Å²) in [6, 6.07) is 118. The molecule has 5 nitrogen and oxygen atoms in total. The number of fused-ring (bicyclic) bond motifs is 4. The first-order chi connectivity index (χ1) is 47.0. The standard InChI is InChI=1S/C90H82N4OSi2/c1-88(2,3)65-53-54-91-86(59-65)94-83-52-50-79(97(75-40-22-13-23-41-75,76-42-24-14-25-43-76)77-44-26-15-27-45-77)62-82(83)81-51-49-71(61-85(81)94)95-70-33-29-32-68(60-70)92-63-93(69-57-66(89(4,5)6)56-67(58-69)90(7,8)9)87-80(47-30-48-84(87)92)64-31-28-46-78(55-64)96(72-34-16-10-17-35-72,73-36-18-11-19-37-73)74-38-20-12-21-39-74/h10-62H,63H2,1-9H3. The van der Waals surface area contributed by atoms with E-state index < -0.39 is 16.1 Å². The summed E-state index contributed by atoms with van der Waals surface area (Å²) in [5, 5.41) is 13.0. The Morgan fingerprint density at radius 3 is 1.32 bits per heavy atom. The first-order valence-electron chi connectivity index (χ1n) is 34.1. The van der Waals surface area contributed by atoms with Gasteiger partial charge in [-0.05, 0) is 141 Å². The Morgan fingerprint density at radius 1 is 0.330 bits per heavy atom. The Labute approximate surface area is 574 Å². The average Bonchev–Trinajstić information content (AvgIpc) is 1.71. The lowest BCUT2D eigenvalue weighted by molar-refractivity contribution is 0.483. The maximum Gasteiger partial charge on any atom is 0.179 e. The number of ether oxygens (including phenoxy) is 1. The van der Waals surface area contributed by atoms with Crippen molar-refractivity contribution in [3.8, 4) is 28.4 Å². The van der Waals surface area contributed by atoms with Crippen LogP contribution in [0, 0.1) is 0 Å². The highest BCUT2D eigenvalue weighted by Gasteiger charge is 2.44. The van der Waals surface area contributed by atoms with Gasteiger partial charge in [0.2, 0.25) is 0 Å². The molecule has 476 valence electrons. The number of pyridine rings is 1. The van der Waals surface area contributed by atoms with E-state index in [1.54, 1.807) is 0 Å². The summed E-state index contributed by atoms with van der Waals surface area (Å²) < 4.78 is 9.54. The molecule has 2 aromatic heterocycles. The zero-order valence-corrected chi connectivity index (χ0v) is 59.0. The van der Waals surface area contributed by atoms with E-state index in [1.807, 2.05) is 6.20 Å². The van der Waals surface area contributed by atoms with Gasteiger partial charge in [0.1, 0.15) is 24.0 Å². The molecule has 15 rings (SSSR count). The smallest absolute Gasteiger partial charge is 0.179 e. The Hall–Kier alpha value is -10.6. The maximum atomic E-state index is 7.19. The van der Waals surface area contributed by atoms with Crippen LogP contribution < -0.4 is 56.0 Å². The normalized spacial score (nSPS) is 12.9. The summed E-state index contributed by atoms with van der Waals surface area (Å²) >= 11 is 0. The van der Waals surface area contributed by atoms with Crippen molar-refractivity contribution in [3.63, 3.8) is 0 Å². The van der Waals surface area contributed by atoms with Crippen molar-refractivity contribution in [2.45, 2.75) is 78.6 Å². The molecule has 0 amide bonds. The minimum absolute atomic E-state index is 0.0914. The van der Waals surface area contributed by atoms with Crippen LogP contribution in [0.5, 0.6) is 11.5 Å². The number of nitrogens with zero attached hydrogens (tertiary/aromatic N) is 4. The van der Waals surface area contributed by atoms with Crippen LogP contribution in [0.15, 0.2) is 322 Å². The van der Waals surface area contributed by atoms with E-state index in [0.717, 1.165) is 45.1 Å². The maximum absolute atomic E-state index is 7.19. The van der Waals surface area contributed by atoms with E-state index in [0.29, 0.717) is 6.67 Å².